The molecule has 1 heterocycles. The zero-order valence-corrected chi connectivity index (χ0v) is 12.8. The van der Waals surface area contributed by atoms with Crippen molar-refractivity contribution in [2.45, 2.75) is 13.0 Å². The Labute approximate surface area is 133 Å². The van der Waals surface area contributed by atoms with Crippen molar-refractivity contribution in [2.75, 3.05) is 11.9 Å². The van der Waals surface area contributed by atoms with E-state index in [1.165, 1.54) is 5.56 Å². The van der Waals surface area contributed by atoms with Crippen molar-refractivity contribution >= 4 is 34.8 Å². The number of carbonyl (C=O) groups excluding carboxylic acids is 1. The predicted octanol–water partition coefficient (Wildman–Crippen LogP) is 3.89. The summed E-state index contributed by atoms with van der Waals surface area (Å²) in [5.74, 6) is -0.177. The fraction of sp³-hybridized carbons (Fsp3) is 0.188. The maximum atomic E-state index is 12.5. The van der Waals surface area contributed by atoms with Crippen LogP contribution in [0.2, 0.25) is 10.0 Å². The Morgan fingerprint density at radius 2 is 1.81 bits per heavy atom. The molecular formula is C16H14Cl2N2O. The van der Waals surface area contributed by atoms with Crippen molar-refractivity contribution < 1.29 is 4.79 Å². The first kappa shape index (κ1) is 14.4. The van der Waals surface area contributed by atoms with E-state index in [4.69, 9.17) is 23.2 Å². The second kappa shape index (κ2) is 6.06. The minimum absolute atomic E-state index is 0.177. The van der Waals surface area contributed by atoms with Crippen LogP contribution in [0.3, 0.4) is 0 Å². The first-order valence-corrected chi connectivity index (χ1v) is 7.49. The predicted molar refractivity (Wildman–Crippen MR) is 86.3 cm³/mol. The van der Waals surface area contributed by atoms with E-state index in [9.17, 15) is 4.79 Å². The van der Waals surface area contributed by atoms with E-state index >= 15 is 0 Å². The number of para-hydroxylation sites is 1. The molecule has 1 aliphatic heterocycles. The molecule has 0 bridgehead atoms. The molecule has 108 valence electrons. The van der Waals surface area contributed by atoms with Gasteiger partial charge in [0, 0.05) is 12.1 Å². The van der Waals surface area contributed by atoms with Gasteiger partial charge < -0.3 is 10.6 Å². The summed E-state index contributed by atoms with van der Waals surface area (Å²) < 4.78 is 0. The molecule has 0 radical (unpaired) electrons. The van der Waals surface area contributed by atoms with Gasteiger partial charge in [-0.3, -0.25) is 4.79 Å². The maximum Gasteiger partial charge on any atom is 0.256 e. The fourth-order valence-electron chi connectivity index (χ4n) is 2.54. The van der Waals surface area contributed by atoms with Gasteiger partial charge in [0.05, 0.1) is 15.7 Å². The highest BCUT2D eigenvalue weighted by atomic mass is 35.5. The van der Waals surface area contributed by atoms with E-state index in [2.05, 4.69) is 10.6 Å². The highest BCUT2D eigenvalue weighted by Crippen LogP contribution is 2.30. The van der Waals surface area contributed by atoms with Crippen LogP contribution in [0.15, 0.2) is 36.4 Å². The van der Waals surface area contributed by atoms with E-state index in [1.54, 1.807) is 18.2 Å². The number of anilines is 1. The molecule has 0 unspecified atom stereocenters. The first-order chi connectivity index (χ1) is 10.2. The van der Waals surface area contributed by atoms with E-state index in [0.29, 0.717) is 21.3 Å². The van der Waals surface area contributed by atoms with Gasteiger partial charge in [0.15, 0.2) is 0 Å². The van der Waals surface area contributed by atoms with Crippen molar-refractivity contribution in [1.82, 2.24) is 5.32 Å². The summed E-state index contributed by atoms with van der Waals surface area (Å²) in [4.78, 5) is 12.5. The third-order valence-electron chi connectivity index (χ3n) is 3.59. The zero-order valence-electron chi connectivity index (χ0n) is 11.2. The molecule has 0 atom stereocenters. The number of fused-ring (bicyclic) bond motifs is 1. The molecule has 0 saturated carbocycles. The van der Waals surface area contributed by atoms with E-state index in [0.717, 1.165) is 25.1 Å². The van der Waals surface area contributed by atoms with Crippen LogP contribution in [0.4, 0.5) is 5.69 Å². The lowest BCUT2D eigenvalue weighted by Gasteiger charge is -2.20. The van der Waals surface area contributed by atoms with Crippen LogP contribution >= 0.6 is 23.2 Å². The molecule has 0 saturated heterocycles. The van der Waals surface area contributed by atoms with Crippen LogP contribution in [-0.4, -0.2) is 12.5 Å². The number of halogens is 2. The third-order valence-corrected chi connectivity index (χ3v) is 4.22. The van der Waals surface area contributed by atoms with Crippen LogP contribution in [0, 0.1) is 0 Å². The van der Waals surface area contributed by atoms with Gasteiger partial charge >= 0.3 is 0 Å². The van der Waals surface area contributed by atoms with Crippen LogP contribution in [-0.2, 0) is 13.0 Å². The first-order valence-electron chi connectivity index (χ1n) is 6.73. The second-order valence-electron chi connectivity index (χ2n) is 4.92. The molecule has 0 spiro atoms. The minimum Gasteiger partial charge on any atom is -0.319 e. The molecule has 3 nitrogen and oxygen atoms in total. The fourth-order valence-corrected chi connectivity index (χ4v) is 3.03. The average molecular weight is 321 g/mol. The largest absolute Gasteiger partial charge is 0.319 e. The molecule has 2 aromatic carbocycles. The Kier molecular flexibility index (Phi) is 4.15. The van der Waals surface area contributed by atoms with Gasteiger partial charge in [0.25, 0.3) is 5.91 Å². The molecule has 2 aromatic rings. The lowest BCUT2D eigenvalue weighted by molar-refractivity contribution is 0.102. The summed E-state index contributed by atoms with van der Waals surface area (Å²) in [6.45, 7) is 1.67. The molecule has 1 amide bonds. The van der Waals surface area contributed by atoms with Gasteiger partial charge in [-0.15, -0.1) is 0 Å². The van der Waals surface area contributed by atoms with Crippen molar-refractivity contribution in [2.24, 2.45) is 0 Å². The smallest absolute Gasteiger partial charge is 0.256 e. The van der Waals surface area contributed by atoms with Gasteiger partial charge in [0.2, 0.25) is 0 Å². The molecular weight excluding hydrogens is 307 g/mol. The van der Waals surface area contributed by atoms with Gasteiger partial charge in [-0.25, -0.2) is 0 Å². The Morgan fingerprint density at radius 1 is 1.10 bits per heavy atom. The zero-order chi connectivity index (χ0) is 14.8. The van der Waals surface area contributed by atoms with Crippen LogP contribution in [0.1, 0.15) is 21.5 Å². The molecule has 21 heavy (non-hydrogen) atoms. The van der Waals surface area contributed by atoms with E-state index in [1.807, 2.05) is 18.2 Å². The average Bonchev–Trinajstić information content (AvgIpc) is 2.50. The van der Waals surface area contributed by atoms with E-state index in [-0.39, 0.29) is 5.91 Å². The lowest BCUT2D eigenvalue weighted by Crippen LogP contribution is -2.26. The minimum atomic E-state index is -0.177. The summed E-state index contributed by atoms with van der Waals surface area (Å²) in [6.07, 6.45) is 0.842. The topological polar surface area (TPSA) is 41.1 Å². The monoisotopic (exact) mass is 320 g/mol. The van der Waals surface area contributed by atoms with Gasteiger partial charge in [-0.2, -0.15) is 0 Å². The lowest BCUT2D eigenvalue weighted by atomic mass is 9.95. The number of hydrogen-bond donors (Lipinski definition) is 2. The Bertz CT molecular complexity index is 680. The Balaban J connectivity index is 1.93. The Morgan fingerprint density at radius 3 is 2.57 bits per heavy atom. The summed E-state index contributed by atoms with van der Waals surface area (Å²) in [5, 5.41) is 6.99. The molecule has 0 aliphatic carbocycles. The highest BCUT2D eigenvalue weighted by molar-refractivity contribution is 6.40. The SMILES string of the molecule is O=C(Nc1c(Cl)cccc1Cl)c1cccc2c1CCNC2. The second-order valence-corrected chi connectivity index (χ2v) is 5.74. The molecule has 0 fully saturated rings. The third kappa shape index (κ3) is 2.91. The number of amides is 1. The Hall–Kier alpha value is -1.55. The molecule has 1 aliphatic rings. The standard InChI is InChI=1S/C16H14Cl2N2O/c17-13-5-2-6-14(18)15(13)20-16(21)12-4-1-3-10-9-19-8-7-11(10)12/h1-6,19H,7-9H2,(H,20,21). The summed E-state index contributed by atoms with van der Waals surface area (Å²) in [7, 11) is 0. The molecule has 3 rings (SSSR count). The normalized spacial score (nSPS) is 13.6. The van der Waals surface area contributed by atoms with Crippen LogP contribution < -0.4 is 10.6 Å². The van der Waals surface area contributed by atoms with Crippen molar-refractivity contribution in [3.05, 3.63) is 63.1 Å². The van der Waals surface area contributed by atoms with Gasteiger partial charge in [0.1, 0.15) is 0 Å². The number of benzene rings is 2. The quantitative estimate of drug-likeness (QED) is 0.881. The number of hydrogen-bond acceptors (Lipinski definition) is 2. The van der Waals surface area contributed by atoms with E-state index < -0.39 is 0 Å². The van der Waals surface area contributed by atoms with Crippen LogP contribution in [0.25, 0.3) is 0 Å². The van der Waals surface area contributed by atoms with Crippen molar-refractivity contribution in [1.29, 1.82) is 0 Å². The van der Waals surface area contributed by atoms with Crippen molar-refractivity contribution in [3.8, 4) is 0 Å². The molecule has 0 aromatic heterocycles. The molecule has 2 N–H and O–H groups in total. The highest BCUT2D eigenvalue weighted by Gasteiger charge is 2.18. The summed E-state index contributed by atoms with van der Waals surface area (Å²) in [5.41, 5.74) is 3.40. The number of nitrogens with one attached hydrogen (secondary N) is 2. The molecule has 5 heteroatoms. The van der Waals surface area contributed by atoms with Gasteiger partial charge in [-0.05, 0) is 42.3 Å². The number of carbonyl (C=O) groups is 1. The number of rotatable bonds is 2. The maximum absolute atomic E-state index is 12.5. The van der Waals surface area contributed by atoms with Crippen LogP contribution in [0.5, 0.6) is 0 Å². The summed E-state index contributed by atoms with van der Waals surface area (Å²) in [6, 6.07) is 10.9. The van der Waals surface area contributed by atoms with Crippen molar-refractivity contribution in [3.63, 3.8) is 0 Å². The summed E-state index contributed by atoms with van der Waals surface area (Å²) >= 11 is 12.2. The van der Waals surface area contributed by atoms with Gasteiger partial charge in [-0.1, -0.05) is 41.4 Å².